The highest BCUT2D eigenvalue weighted by Gasteiger charge is 2.41. The van der Waals surface area contributed by atoms with Crippen molar-refractivity contribution < 1.29 is 4.43 Å². The van der Waals surface area contributed by atoms with Gasteiger partial charge in [0.15, 0.2) is 0 Å². The van der Waals surface area contributed by atoms with Gasteiger partial charge in [-0.3, -0.25) is 0 Å². The molecule has 0 aromatic rings. The molecule has 0 aromatic heterocycles. The van der Waals surface area contributed by atoms with Crippen molar-refractivity contribution in [3.05, 3.63) is 12.3 Å². The second kappa shape index (κ2) is 6.41. The maximum Gasteiger partial charge on any atom is 0.222 e. The summed E-state index contributed by atoms with van der Waals surface area (Å²) in [4.78, 5) is 0. The molecule has 0 saturated carbocycles. The summed E-state index contributed by atoms with van der Waals surface area (Å²) < 4.78 is 6.10. The molecule has 14 heavy (non-hydrogen) atoms. The van der Waals surface area contributed by atoms with Gasteiger partial charge in [-0.1, -0.05) is 46.2 Å². The molecule has 0 amide bonds. The highest BCUT2D eigenvalue weighted by Crippen LogP contribution is 2.38. The van der Waals surface area contributed by atoms with Crippen LogP contribution in [0.25, 0.3) is 0 Å². The van der Waals surface area contributed by atoms with Crippen molar-refractivity contribution >= 4 is 8.32 Å². The van der Waals surface area contributed by atoms with Crippen LogP contribution < -0.4 is 0 Å². The molecule has 0 aliphatic rings. The lowest BCUT2D eigenvalue weighted by molar-refractivity contribution is 0.309. The van der Waals surface area contributed by atoms with Gasteiger partial charge in [-0.25, -0.2) is 0 Å². The molecule has 84 valence electrons. The van der Waals surface area contributed by atoms with Gasteiger partial charge in [-0.15, -0.1) is 6.58 Å². The average Bonchev–Trinajstić information content (AvgIpc) is 2.23. The van der Waals surface area contributed by atoms with Crippen LogP contribution in [0.15, 0.2) is 12.3 Å². The van der Waals surface area contributed by atoms with Gasteiger partial charge >= 0.3 is 0 Å². The van der Waals surface area contributed by atoms with Crippen molar-refractivity contribution in [1.82, 2.24) is 0 Å². The standard InChI is InChI=1S/C12H26OSi/c1-7-11(5)14(10-4,13-9-3)12(6)8-2/h10-12H,4,7-9H2,1-3,5-6H3. The summed E-state index contributed by atoms with van der Waals surface area (Å²) >= 11 is 0. The molecule has 0 heterocycles. The van der Waals surface area contributed by atoms with E-state index in [0.29, 0.717) is 11.1 Å². The molecule has 1 nitrogen and oxygen atoms in total. The Morgan fingerprint density at radius 1 is 1.14 bits per heavy atom. The molecule has 0 N–H and O–H groups in total. The summed E-state index contributed by atoms with van der Waals surface area (Å²) in [5.74, 6) is 0. The first-order valence-corrected chi connectivity index (χ1v) is 8.00. The maximum absolute atomic E-state index is 6.10. The van der Waals surface area contributed by atoms with Crippen LogP contribution in [-0.2, 0) is 4.43 Å². The molecule has 0 spiro atoms. The van der Waals surface area contributed by atoms with Gasteiger partial charge in [-0.2, -0.15) is 0 Å². The van der Waals surface area contributed by atoms with Crippen LogP contribution in [0.2, 0.25) is 11.1 Å². The third-order valence-corrected chi connectivity index (χ3v) is 8.80. The van der Waals surface area contributed by atoms with Gasteiger partial charge in [0.1, 0.15) is 0 Å². The van der Waals surface area contributed by atoms with Gasteiger partial charge < -0.3 is 4.43 Å². The second-order valence-corrected chi connectivity index (χ2v) is 8.48. The van der Waals surface area contributed by atoms with E-state index in [-0.39, 0.29) is 0 Å². The van der Waals surface area contributed by atoms with Crippen molar-refractivity contribution in [2.75, 3.05) is 6.61 Å². The summed E-state index contributed by atoms with van der Waals surface area (Å²) in [7, 11) is -1.71. The predicted octanol–water partition coefficient (Wildman–Crippen LogP) is 4.29. The molecular formula is C12H26OSi. The zero-order valence-electron chi connectivity index (χ0n) is 10.5. The lowest BCUT2D eigenvalue weighted by Gasteiger charge is -2.38. The molecule has 0 fully saturated rings. The lowest BCUT2D eigenvalue weighted by Crippen LogP contribution is -2.44. The Hall–Kier alpha value is -0.0831. The fourth-order valence-corrected chi connectivity index (χ4v) is 6.36. The van der Waals surface area contributed by atoms with E-state index >= 15 is 0 Å². The molecule has 0 radical (unpaired) electrons. The molecule has 0 rings (SSSR count). The molecule has 0 aliphatic carbocycles. The van der Waals surface area contributed by atoms with Crippen LogP contribution in [0, 0.1) is 0 Å². The molecular weight excluding hydrogens is 188 g/mol. The zero-order valence-corrected chi connectivity index (χ0v) is 11.5. The molecule has 0 bridgehead atoms. The van der Waals surface area contributed by atoms with Gasteiger partial charge in [0.25, 0.3) is 0 Å². The van der Waals surface area contributed by atoms with Gasteiger partial charge in [0.05, 0.1) is 0 Å². The predicted molar refractivity (Wildman–Crippen MR) is 67.0 cm³/mol. The smallest absolute Gasteiger partial charge is 0.222 e. The SMILES string of the molecule is C=C[Si](OCC)(C(C)CC)C(C)CC. The molecule has 0 saturated heterocycles. The van der Waals surface area contributed by atoms with Gasteiger partial charge in [0, 0.05) is 6.61 Å². The van der Waals surface area contributed by atoms with E-state index in [2.05, 4.69) is 46.9 Å². The maximum atomic E-state index is 6.10. The Morgan fingerprint density at radius 2 is 1.57 bits per heavy atom. The van der Waals surface area contributed by atoms with E-state index in [9.17, 15) is 0 Å². The highest BCUT2D eigenvalue weighted by atomic mass is 28.4. The lowest BCUT2D eigenvalue weighted by atomic mass is 10.3. The van der Waals surface area contributed by atoms with Crippen LogP contribution >= 0.6 is 0 Å². The van der Waals surface area contributed by atoms with Gasteiger partial charge in [0.2, 0.25) is 8.32 Å². The van der Waals surface area contributed by atoms with Crippen LogP contribution in [0.4, 0.5) is 0 Å². The quantitative estimate of drug-likeness (QED) is 0.574. The average molecular weight is 214 g/mol. The first kappa shape index (κ1) is 13.9. The first-order chi connectivity index (χ1) is 6.58. The van der Waals surface area contributed by atoms with Crippen molar-refractivity contribution in [1.29, 1.82) is 0 Å². The van der Waals surface area contributed by atoms with E-state index in [0.717, 1.165) is 6.61 Å². The van der Waals surface area contributed by atoms with Crippen molar-refractivity contribution in [2.45, 2.75) is 58.5 Å². The Morgan fingerprint density at radius 3 is 1.79 bits per heavy atom. The normalized spacial score (nSPS) is 19.8. The minimum Gasteiger partial charge on any atom is -0.413 e. The fraction of sp³-hybridized carbons (Fsp3) is 0.833. The summed E-state index contributed by atoms with van der Waals surface area (Å²) in [6, 6.07) is 0. The molecule has 2 atom stereocenters. The molecule has 2 unspecified atom stereocenters. The number of hydrogen-bond acceptors (Lipinski definition) is 1. The van der Waals surface area contributed by atoms with Crippen molar-refractivity contribution in [2.24, 2.45) is 0 Å². The van der Waals surface area contributed by atoms with E-state index in [1.54, 1.807) is 0 Å². The Balaban J connectivity index is 4.85. The summed E-state index contributed by atoms with van der Waals surface area (Å²) in [5.41, 5.74) is 3.50. The minimum absolute atomic E-state index is 0.676. The largest absolute Gasteiger partial charge is 0.413 e. The highest BCUT2D eigenvalue weighted by molar-refractivity contribution is 6.81. The van der Waals surface area contributed by atoms with Crippen LogP contribution in [-0.4, -0.2) is 14.9 Å². The minimum atomic E-state index is -1.71. The Labute approximate surface area is 90.7 Å². The second-order valence-electron chi connectivity index (χ2n) is 4.11. The van der Waals surface area contributed by atoms with Crippen LogP contribution in [0.1, 0.15) is 47.5 Å². The third kappa shape index (κ3) is 2.70. The summed E-state index contributed by atoms with van der Waals surface area (Å²) in [6.07, 6.45) is 2.39. The molecule has 0 aliphatic heterocycles. The van der Waals surface area contributed by atoms with Gasteiger partial charge in [-0.05, 0) is 18.0 Å². The van der Waals surface area contributed by atoms with Crippen LogP contribution in [0.5, 0.6) is 0 Å². The zero-order chi connectivity index (χ0) is 11.2. The Kier molecular flexibility index (Phi) is 6.37. The van der Waals surface area contributed by atoms with E-state index in [1.165, 1.54) is 12.8 Å². The number of rotatable bonds is 7. The van der Waals surface area contributed by atoms with Crippen molar-refractivity contribution in [3.8, 4) is 0 Å². The summed E-state index contributed by atoms with van der Waals surface area (Å²) in [5, 5.41) is 0. The monoisotopic (exact) mass is 214 g/mol. The van der Waals surface area contributed by atoms with Crippen LogP contribution in [0.3, 0.4) is 0 Å². The number of hydrogen-bond donors (Lipinski definition) is 0. The Bertz CT molecular complexity index is 158. The topological polar surface area (TPSA) is 9.23 Å². The van der Waals surface area contributed by atoms with Crippen molar-refractivity contribution in [3.63, 3.8) is 0 Å². The fourth-order valence-electron chi connectivity index (χ4n) is 2.12. The van der Waals surface area contributed by atoms with E-state index in [4.69, 9.17) is 4.43 Å². The summed E-state index contributed by atoms with van der Waals surface area (Å²) in [6.45, 7) is 16.1. The van der Waals surface area contributed by atoms with E-state index < -0.39 is 8.32 Å². The third-order valence-electron chi connectivity index (χ3n) is 3.48. The molecule has 2 heteroatoms. The van der Waals surface area contributed by atoms with E-state index in [1.807, 2.05) is 0 Å². The first-order valence-electron chi connectivity index (χ1n) is 5.86. The molecule has 0 aromatic carbocycles.